The third-order valence-corrected chi connectivity index (χ3v) is 5.79. The number of nitrogens with zero attached hydrogens (tertiary/aromatic N) is 2. The SMILES string of the molecule is COc1ccc(NC(C)=O)cc1OCCCN1CCC(c2onc3cc(F)ccc23)CC1. The van der Waals surface area contributed by atoms with Crippen molar-refractivity contribution in [2.45, 2.75) is 32.1 Å². The van der Waals surface area contributed by atoms with Crippen LogP contribution in [0.4, 0.5) is 10.1 Å². The van der Waals surface area contributed by atoms with Crippen LogP contribution in [0.3, 0.4) is 0 Å². The number of amides is 1. The molecule has 1 aromatic heterocycles. The maximum Gasteiger partial charge on any atom is 0.221 e. The minimum atomic E-state index is -0.297. The number of anilines is 1. The second-order valence-corrected chi connectivity index (χ2v) is 8.07. The number of halogens is 1. The van der Waals surface area contributed by atoms with Gasteiger partial charge in [-0.3, -0.25) is 4.79 Å². The van der Waals surface area contributed by atoms with Crippen LogP contribution in [0.5, 0.6) is 11.5 Å². The summed E-state index contributed by atoms with van der Waals surface area (Å²) in [6.07, 6.45) is 2.84. The smallest absolute Gasteiger partial charge is 0.221 e. The van der Waals surface area contributed by atoms with Gasteiger partial charge in [0.15, 0.2) is 11.5 Å². The molecule has 0 spiro atoms. The van der Waals surface area contributed by atoms with E-state index in [1.54, 1.807) is 31.4 Å². The summed E-state index contributed by atoms with van der Waals surface area (Å²) in [6.45, 7) is 4.89. The van der Waals surface area contributed by atoms with Gasteiger partial charge in [-0.25, -0.2) is 4.39 Å². The molecule has 1 saturated heterocycles. The summed E-state index contributed by atoms with van der Waals surface area (Å²) in [5, 5.41) is 7.69. The molecule has 1 fully saturated rings. The van der Waals surface area contributed by atoms with E-state index < -0.39 is 0 Å². The molecule has 3 aromatic rings. The zero-order valence-corrected chi connectivity index (χ0v) is 18.4. The van der Waals surface area contributed by atoms with E-state index in [9.17, 15) is 9.18 Å². The summed E-state index contributed by atoms with van der Waals surface area (Å²) in [4.78, 5) is 13.7. The van der Waals surface area contributed by atoms with Crippen LogP contribution in [-0.4, -0.2) is 49.3 Å². The number of ether oxygens (including phenoxy) is 2. The molecule has 4 rings (SSSR count). The first-order chi connectivity index (χ1) is 15.5. The Labute approximate surface area is 186 Å². The van der Waals surface area contributed by atoms with Gasteiger partial charge in [0, 0.05) is 42.6 Å². The Kier molecular flexibility index (Phi) is 6.90. The Morgan fingerprint density at radius 2 is 2.03 bits per heavy atom. The molecule has 170 valence electrons. The molecule has 2 aromatic carbocycles. The molecule has 1 amide bonds. The topological polar surface area (TPSA) is 76.8 Å². The number of aromatic nitrogens is 1. The van der Waals surface area contributed by atoms with Gasteiger partial charge in [-0.2, -0.15) is 0 Å². The van der Waals surface area contributed by atoms with Gasteiger partial charge in [-0.05, 0) is 56.6 Å². The molecule has 1 aliphatic heterocycles. The van der Waals surface area contributed by atoms with Crippen LogP contribution in [0.15, 0.2) is 40.9 Å². The van der Waals surface area contributed by atoms with E-state index in [2.05, 4.69) is 15.4 Å². The van der Waals surface area contributed by atoms with Gasteiger partial charge in [0.25, 0.3) is 0 Å². The second-order valence-electron chi connectivity index (χ2n) is 8.07. The average Bonchev–Trinajstić information content (AvgIpc) is 3.20. The third-order valence-electron chi connectivity index (χ3n) is 5.79. The predicted octanol–water partition coefficient (Wildman–Crippen LogP) is 4.58. The van der Waals surface area contributed by atoms with Crippen molar-refractivity contribution in [2.75, 3.05) is 38.7 Å². The number of likely N-dealkylation sites (tertiary alicyclic amines) is 1. The number of carbonyl (C=O) groups excluding carboxylic acids is 1. The van der Waals surface area contributed by atoms with Crippen LogP contribution in [-0.2, 0) is 4.79 Å². The molecule has 0 aliphatic carbocycles. The van der Waals surface area contributed by atoms with Crippen LogP contribution in [0.25, 0.3) is 10.9 Å². The highest BCUT2D eigenvalue weighted by Crippen LogP contribution is 2.34. The number of methoxy groups -OCH3 is 1. The van der Waals surface area contributed by atoms with Crippen LogP contribution in [0.1, 0.15) is 37.9 Å². The summed E-state index contributed by atoms with van der Waals surface area (Å²) in [7, 11) is 1.60. The normalized spacial score (nSPS) is 15.1. The van der Waals surface area contributed by atoms with Crippen LogP contribution < -0.4 is 14.8 Å². The molecule has 1 N–H and O–H groups in total. The lowest BCUT2D eigenvalue weighted by Crippen LogP contribution is -2.34. The third kappa shape index (κ3) is 5.19. The molecule has 0 unspecified atom stereocenters. The first kappa shape index (κ1) is 22.1. The van der Waals surface area contributed by atoms with Gasteiger partial charge < -0.3 is 24.2 Å². The standard InChI is InChI=1S/C24H28FN3O4/c1-16(29)26-19-5-7-22(30-2)23(15-19)31-13-3-10-28-11-8-17(9-12-28)24-20-6-4-18(25)14-21(20)27-32-24/h4-7,14-15,17H,3,8-13H2,1-2H3,(H,26,29). The molecule has 0 radical (unpaired) electrons. The van der Waals surface area contributed by atoms with Gasteiger partial charge in [-0.15, -0.1) is 0 Å². The van der Waals surface area contributed by atoms with Crippen molar-refractivity contribution < 1.29 is 23.2 Å². The molecule has 32 heavy (non-hydrogen) atoms. The van der Waals surface area contributed by atoms with E-state index in [0.717, 1.165) is 50.0 Å². The average molecular weight is 442 g/mol. The number of fused-ring (bicyclic) bond motifs is 1. The van der Waals surface area contributed by atoms with E-state index in [1.807, 2.05) is 0 Å². The summed E-state index contributed by atoms with van der Waals surface area (Å²) >= 11 is 0. The summed E-state index contributed by atoms with van der Waals surface area (Å²) in [6, 6.07) is 9.98. The number of piperidine rings is 1. The fraction of sp³-hybridized carbons (Fsp3) is 0.417. The highest BCUT2D eigenvalue weighted by atomic mass is 19.1. The first-order valence-electron chi connectivity index (χ1n) is 10.9. The van der Waals surface area contributed by atoms with E-state index in [0.29, 0.717) is 35.2 Å². The number of nitrogens with one attached hydrogen (secondary N) is 1. The minimum Gasteiger partial charge on any atom is -0.493 e. The summed E-state index contributed by atoms with van der Waals surface area (Å²) in [5.74, 6) is 2.00. The van der Waals surface area contributed by atoms with Crippen molar-refractivity contribution >= 4 is 22.5 Å². The molecule has 8 heteroatoms. The quantitative estimate of drug-likeness (QED) is 0.516. The Balaban J connectivity index is 1.25. The predicted molar refractivity (Wildman–Crippen MR) is 120 cm³/mol. The Morgan fingerprint density at radius 1 is 1.22 bits per heavy atom. The molecule has 2 heterocycles. The van der Waals surface area contributed by atoms with E-state index in [-0.39, 0.29) is 11.7 Å². The Hall–Kier alpha value is -3.13. The van der Waals surface area contributed by atoms with Crippen LogP contribution in [0.2, 0.25) is 0 Å². The van der Waals surface area contributed by atoms with Crippen molar-refractivity contribution in [3.05, 3.63) is 48.0 Å². The molecule has 7 nitrogen and oxygen atoms in total. The highest BCUT2D eigenvalue weighted by molar-refractivity contribution is 5.89. The van der Waals surface area contributed by atoms with Crippen molar-refractivity contribution in [3.63, 3.8) is 0 Å². The molecular formula is C24H28FN3O4. The maximum atomic E-state index is 13.4. The van der Waals surface area contributed by atoms with Crippen LogP contribution >= 0.6 is 0 Å². The fourth-order valence-electron chi connectivity index (χ4n) is 4.19. The second kappa shape index (κ2) is 9.99. The van der Waals surface area contributed by atoms with Gasteiger partial charge in [0.05, 0.1) is 13.7 Å². The lowest BCUT2D eigenvalue weighted by atomic mass is 9.92. The molecule has 0 saturated carbocycles. The van der Waals surface area contributed by atoms with Crippen molar-refractivity contribution in [3.8, 4) is 11.5 Å². The van der Waals surface area contributed by atoms with Gasteiger partial charge in [-0.1, -0.05) is 5.16 Å². The minimum absolute atomic E-state index is 0.130. The first-order valence-corrected chi connectivity index (χ1v) is 10.9. The van der Waals surface area contributed by atoms with Crippen molar-refractivity contribution in [1.29, 1.82) is 0 Å². The summed E-state index contributed by atoms with van der Waals surface area (Å²) < 4.78 is 30.2. The Morgan fingerprint density at radius 3 is 2.78 bits per heavy atom. The lowest BCUT2D eigenvalue weighted by Gasteiger charge is -2.30. The van der Waals surface area contributed by atoms with E-state index in [1.165, 1.54) is 19.1 Å². The van der Waals surface area contributed by atoms with E-state index in [4.69, 9.17) is 14.0 Å². The Bertz CT molecular complexity index is 1080. The number of rotatable bonds is 8. The highest BCUT2D eigenvalue weighted by Gasteiger charge is 2.25. The zero-order valence-electron chi connectivity index (χ0n) is 18.4. The molecule has 1 aliphatic rings. The summed E-state index contributed by atoms with van der Waals surface area (Å²) in [5.41, 5.74) is 1.26. The monoisotopic (exact) mass is 441 g/mol. The van der Waals surface area contributed by atoms with Crippen LogP contribution in [0, 0.1) is 5.82 Å². The van der Waals surface area contributed by atoms with Crippen molar-refractivity contribution in [2.24, 2.45) is 0 Å². The number of carbonyl (C=O) groups is 1. The van der Waals surface area contributed by atoms with Gasteiger partial charge >= 0.3 is 0 Å². The van der Waals surface area contributed by atoms with Crippen molar-refractivity contribution in [1.82, 2.24) is 10.1 Å². The lowest BCUT2D eigenvalue weighted by molar-refractivity contribution is -0.114. The van der Waals surface area contributed by atoms with E-state index >= 15 is 0 Å². The fourth-order valence-corrected chi connectivity index (χ4v) is 4.19. The molecule has 0 atom stereocenters. The maximum absolute atomic E-state index is 13.4. The van der Waals surface area contributed by atoms with Gasteiger partial charge in [0.1, 0.15) is 17.1 Å². The number of hydrogen-bond donors (Lipinski definition) is 1. The van der Waals surface area contributed by atoms with Gasteiger partial charge in [0.2, 0.25) is 5.91 Å². The molecular weight excluding hydrogens is 413 g/mol. The number of benzene rings is 2. The molecule has 0 bridgehead atoms. The zero-order chi connectivity index (χ0) is 22.5. The number of hydrogen-bond acceptors (Lipinski definition) is 6. The largest absolute Gasteiger partial charge is 0.493 e.